The Kier molecular flexibility index (Phi) is 6.32. The van der Waals surface area contributed by atoms with Crippen LogP contribution in [0, 0.1) is 0 Å². The van der Waals surface area contributed by atoms with Gasteiger partial charge in [0.25, 0.3) is 0 Å². The molecule has 1 unspecified atom stereocenters. The van der Waals surface area contributed by atoms with E-state index in [0.29, 0.717) is 6.54 Å². The molecule has 4 nitrogen and oxygen atoms in total. The minimum Gasteiger partial charge on any atom is -0.456 e. The molecule has 0 bridgehead atoms. The van der Waals surface area contributed by atoms with Crippen molar-refractivity contribution in [2.24, 2.45) is 4.99 Å². The molecule has 6 aromatic carbocycles. The normalized spacial score (nSPS) is 12.7. The van der Waals surface area contributed by atoms with Gasteiger partial charge in [-0.1, -0.05) is 109 Å². The van der Waals surface area contributed by atoms with Gasteiger partial charge in [0.05, 0.1) is 11.0 Å². The highest BCUT2D eigenvalue weighted by Gasteiger charge is 2.17. The number of hydrogen-bond acceptors (Lipinski definition) is 3. The summed E-state index contributed by atoms with van der Waals surface area (Å²) in [6, 6.07) is 50.8. The topological polar surface area (TPSA) is 42.5 Å². The molecule has 8 rings (SSSR count). The molecule has 1 N–H and O–H groups in total. The molecule has 0 radical (unpaired) electrons. The van der Waals surface area contributed by atoms with Crippen molar-refractivity contribution in [2.75, 3.05) is 0 Å². The molecule has 43 heavy (non-hydrogen) atoms. The Morgan fingerprint density at radius 2 is 1.35 bits per heavy atom. The van der Waals surface area contributed by atoms with Crippen LogP contribution in [0.4, 0.5) is 0 Å². The monoisotopic (exact) mass is 555 g/mol. The predicted octanol–water partition coefficient (Wildman–Crippen LogP) is 9.59. The van der Waals surface area contributed by atoms with Crippen LogP contribution in [-0.4, -0.2) is 10.8 Å². The van der Waals surface area contributed by atoms with E-state index in [-0.39, 0.29) is 6.17 Å². The Bertz CT molecular complexity index is 2240. The zero-order chi connectivity index (χ0) is 28.6. The lowest BCUT2D eigenvalue weighted by Crippen LogP contribution is -2.19. The van der Waals surface area contributed by atoms with Gasteiger partial charge in [-0.25, -0.2) is 0 Å². The zero-order valence-electron chi connectivity index (χ0n) is 23.5. The summed E-state index contributed by atoms with van der Waals surface area (Å²) in [6.45, 7) is 0.711. The maximum Gasteiger partial charge on any atom is 0.136 e. The second kappa shape index (κ2) is 10.8. The number of hydrogen-bond donors (Lipinski definition) is 1. The predicted molar refractivity (Wildman–Crippen MR) is 178 cm³/mol. The van der Waals surface area contributed by atoms with Crippen LogP contribution in [0.15, 0.2) is 155 Å². The standard InChI is InChI=1S/C39H29N3O/c1-3-12-27(13-4-1)25-40-39(41-26-28-14-5-2-6-15-28)29-16-11-17-30(22-29)42-35-20-9-7-18-31(35)33-24-38-34(23-36(33)42)32-19-8-10-21-37(32)43-38/h1-25,39,41H,26H2. The van der Waals surface area contributed by atoms with Crippen LogP contribution >= 0.6 is 0 Å². The average Bonchev–Trinajstić information content (AvgIpc) is 3.59. The van der Waals surface area contributed by atoms with Crippen molar-refractivity contribution < 1.29 is 4.42 Å². The molecule has 0 aliphatic carbocycles. The van der Waals surface area contributed by atoms with Gasteiger partial charge in [0, 0.05) is 40.0 Å². The number of benzene rings is 6. The number of aliphatic imine (C=N–C) groups is 1. The summed E-state index contributed by atoms with van der Waals surface area (Å²) in [7, 11) is 0. The van der Waals surface area contributed by atoms with E-state index in [2.05, 4.69) is 119 Å². The van der Waals surface area contributed by atoms with Gasteiger partial charge in [-0.3, -0.25) is 10.3 Å². The molecule has 8 aromatic rings. The largest absolute Gasteiger partial charge is 0.456 e. The number of aromatic nitrogens is 1. The highest BCUT2D eigenvalue weighted by molar-refractivity contribution is 6.17. The molecule has 0 saturated carbocycles. The third-order valence-corrected chi connectivity index (χ3v) is 8.13. The van der Waals surface area contributed by atoms with Crippen LogP contribution in [0.5, 0.6) is 0 Å². The first-order valence-corrected chi connectivity index (χ1v) is 14.6. The lowest BCUT2D eigenvalue weighted by atomic mass is 10.1. The first-order chi connectivity index (χ1) is 21.3. The number of nitrogens with zero attached hydrogens (tertiary/aromatic N) is 2. The van der Waals surface area contributed by atoms with E-state index in [1.807, 2.05) is 42.6 Å². The van der Waals surface area contributed by atoms with Crippen LogP contribution in [0.3, 0.4) is 0 Å². The highest BCUT2D eigenvalue weighted by atomic mass is 16.3. The molecule has 0 amide bonds. The summed E-state index contributed by atoms with van der Waals surface area (Å²) >= 11 is 0. The molecule has 0 aliphatic heterocycles. The smallest absolute Gasteiger partial charge is 0.136 e. The van der Waals surface area contributed by atoms with E-state index >= 15 is 0 Å². The van der Waals surface area contributed by atoms with Gasteiger partial charge in [0.1, 0.15) is 17.3 Å². The van der Waals surface area contributed by atoms with Crippen LogP contribution < -0.4 is 5.32 Å². The average molecular weight is 556 g/mol. The Labute approximate surface area is 249 Å². The fourth-order valence-corrected chi connectivity index (χ4v) is 6.07. The van der Waals surface area contributed by atoms with Gasteiger partial charge in [0.2, 0.25) is 0 Å². The molecule has 0 saturated heterocycles. The number of para-hydroxylation sites is 2. The van der Waals surface area contributed by atoms with Crippen molar-refractivity contribution in [3.63, 3.8) is 0 Å². The van der Waals surface area contributed by atoms with Gasteiger partial charge in [-0.15, -0.1) is 0 Å². The molecule has 2 heterocycles. The first kappa shape index (κ1) is 25.3. The van der Waals surface area contributed by atoms with Crippen molar-refractivity contribution in [3.8, 4) is 5.69 Å². The lowest BCUT2D eigenvalue weighted by molar-refractivity contribution is 0.556. The third kappa shape index (κ3) is 4.68. The Balaban J connectivity index is 1.27. The second-order valence-electron chi connectivity index (χ2n) is 10.9. The van der Waals surface area contributed by atoms with Crippen LogP contribution in [0.1, 0.15) is 22.9 Å². The maximum atomic E-state index is 6.27. The molecule has 206 valence electrons. The summed E-state index contributed by atoms with van der Waals surface area (Å²) in [5.41, 5.74) is 8.62. The third-order valence-electron chi connectivity index (χ3n) is 8.13. The van der Waals surface area contributed by atoms with E-state index in [4.69, 9.17) is 9.41 Å². The van der Waals surface area contributed by atoms with Gasteiger partial charge < -0.3 is 8.98 Å². The van der Waals surface area contributed by atoms with E-state index in [0.717, 1.165) is 49.8 Å². The van der Waals surface area contributed by atoms with E-state index in [1.165, 1.54) is 16.3 Å². The number of nitrogens with one attached hydrogen (secondary N) is 1. The number of fused-ring (bicyclic) bond motifs is 6. The fourth-order valence-electron chi connectivity index (χ4n) is 6.07. The SMILES string of the molecule is C(=NC(NCc1ccccc1)c1cccc(-n2c3ccccc3c3cc4oc5ccccc5c4cc32)c1)c1ccccc1. The number of furan rings is 1. The summed E-state index contributed by atoms with van der Waals surface area (Å²) < 4.78 is 8.63. The molecule has 4 heteroatoms. The Morgan fingerprint density at radius 3 is 2.21 bits per heavy atom. The van der Waals surface area contributed by atoms with E-state index < -0.39 is 0 Å². The van der Waals surface area contributed by atoms with Crippen molar-refractivity contribution in [1.29, 1.82) is 0 Å². The van der Waals surface area contributed by atoms with E-state index in [9.17, 15) is 0 Å². The summed E-state index contributed by atoms with van der Waals surface area (Å²) in [5, 5.41) is 8.32. The zero-order valence-corrected chi connectivity index (χ0v) is 23.5. The number of rotatable bonds is 7. The lowest BCUT2D eigenvalue weighted by Gasteiger charge is -2.17. The van der Waals surface area contributed by atoms with Gasteiger partial charge in [-0.2, -0.15) is 0 Å². The van der Waals surface area contributed by atoms with E-state index in [1.54, 1.807) is 0 Å². The molecule has 0 spiro atoms. The van der Waals surface area contributed by atoms with Crippen molar-refractivity contribution in [2.45, 2.75) is 12.7 Å². The van der Waals surface area contributed by atoms with Crippen molar-refractivity contribution >= 4 is 50.0 Å². The fraction of sp³-hybridized carbons (Fsp3) is 0.0513. The highest BCUT2D eigenvalue weighted by Crippen LogP contribution is 2.38. The first-order valence-electron chi connectivity index (χ1n) is 14.6. The Morgan fingerprint density at radius 1 is 0.605 bits per heavy atom. The quantitative estimate of drug-likeness (QED) is 0.199. The minimum atomic E-state index is -0.224. The summed E-state index contributed by atoms with van der Waals surface area (Å²) in [4.78, 5) is 5.04. The van der Waals surface area contributed by atoms with Crippen LogP contribution in [0.25, 0.3) is 49.4 Å². The molecular weight excluding hydrogens is 526 g/mol. The molecule has 2 aromatic heterocycles. The van der Waals surface area contributed by atoms with Crippen LogP contribution in [0.2, 0.25) is 0 Å². The van der Waals surface area contributed by atoms with Crippen molar-refractivity contribution in [3.05, 3.63) is 162 Å². The molecule has 1 atom stereocenters. The van der Waals surface area contributed by atoms with Crippen molar-refractivity contribution in [1.82, 2.24) is 9.88 Å². The van der Waals surface area contributed by atoms with Crippen LogP contribution in [-0.2, 0) is 6.54 Å². The summed E-state index contributed by atoms with van der Waals surface area (Å²) in [5.74, 6) is 0. The molecule has 0 aliphatic rings. The molecule has 0 fully saturated rings. The summed E-state index contributed by atoms with van der Waals surface area (Å²) in [6.07, 6.45) is 1.73. The maximum absolute atomic E-state index is 6.27. The van der Waals surface area contributed by atoms with Gasteiger partial charge in [0.15, 0.2) is 0 Å². The second-order valence-corrected chi connectivity index (χ2v) is 10.9. The van der Waals surface area contributed by atoms with Gasteiger partial charge in [-0.05, 0) is 53.1 Å². The minimum absolute atomic E-state index is 0.224. The Hall–Kier alpha value is -5.45. The molecular formula is C39H29N3O. The van der Waals surface area contributed by atoms with Gasteiger partial charge >= 0.3 is 0 Å².